The van der Waals surface area contributed by atoms with Crippen molar-refractivity contribution in [3.8, 4) is 11.3 Å². The average molecular weight is 471 g/mol. The van der Waals surface area contributed by atoms with Gasteiger partial charge in [-0.1, -0.05) is 13.3 Å². The number of piperidine rings is 1. The van der Waals surface area contributed by atoms with Gasteiger partial charge < -0.3 is 30.4 Å². The van der Waals surface area contributed by atoms with Crippen LogP contribution in [0, 0.1) is 0 Å². The van der Waals surface area contributed by atoms with Gasteiger partial charge in [-0.15, -0.1) is 0 Å². The van der Waals surface area contributed by atoms with Crippen LogP contribution in [0.4, 0.5) is 11.8 Å². The van der Waals surface area contributed by atoms with Gasteiger partial charge in [0.2, 0.25) is 5.95 Å². The largest absolute Gasteiger partial charge is 0.451 e. The number of nitrogens with zero attached hydrogens (tertiary/aromatic N) is 3. The van der Waals surface area contributed by atoms with E-state index in [9.17, 15) is 9.90 Å². The molecule has 3 heterocycles. The van der Waals surface area contributed by atoms with Crippen LogP contribution in [0.5, 0.6) is 0 Å². The molecular formula is C25H38N6O3. The molecule has 34 heavy (non-hydrogen) atoms. The van der Waals surface area contributed by atoms with Crippen molar-refractivity contribution >= 4 is 17.7 Å². The molecule has 0 spiro atoms. The van der Waals surface area contributed by atoms with Gasteiger partial charge >= 0.3 is 0 Å². The van der Waals surface area contributed by atoms with Gasteiger partial charge in [-0.05, 0) is 77.2 Å². The molecule has 1 amide bonds. The number of anilines is 2. The maximum Gasteiger partial charge on any atom is 0.287 e. The Balaban J connectivity index is 1.49. The van der Waals surface area contributed by atoms with Crippen molar-refractivity contribution in [3.63, 3.8) is 0 Å². The predicted molar refractivity (Wildman–Crippen MR) is 133 cm³/mol. The second kappa shape index (κ2) is 11.7. The number of carbonyl (C=O) groups is 1. The summed E-state index contributed by atoms with van der Waals surface area (Å²) in [5.41, 5.74) is 0.727. The lowest BCUT2D eigenvalue weighted by Crippen LogP contribution is -2.43. The Kier molecular flexibility index (Phi) is 8.39. The summed E-state index contributed by atoms with van der Waals surface area (Å²) in [4.78, 5) is 24.3. The van der Waals surface area contributed by atoms with Crippen molar-refractivity contribution in [2.24, 2.45) is 0 Å². The van der Waals surface area contributed by atoms with Crippen molar-refractivity contribution in [3.05, 3.63) is 24.1 Å². The Morgan fingerprint density at radius 3 is 2.65 bits per heavy atom. The number of unbranched alkanes of at least 4 members (excludes halogenated alkanes) is 1. The molecule has 0 atom stereocenters. The third-order valence-electron chi connectivity index (χ3n) is 6.79. The van der Waals surface area contributed by atoms with Crippen molar-refractivity contribution < 1.29 is 14.3 Å². The first-order valence-electron chi connectivity index (χ1n) is 12.7. The van der Waals surface area contributed by atoms with Crippen LogP contribution < -0.4 is 16.0 Å². The smallest absolute Gasteiger partial charge is 0.287 e. The van der Waals surface area contributed by atoms with Crippen LogP contribution in [0.1, 0.15) is 68.8 Å². The van der Waals surface area contributed by atoms with E-state index in [0.717, 1.165) is 76.6 Å². The minimum atomic E-state index is -0.218. The monoisotopic (exact) mass is 470 g/mol. The summed E-state index contributed by atoms with van der Waals surface area (Å²) < 4.78 is 5.98. The summed E-state index contributed by atoms with van der Waals surface area (Å²) in [6.07, 6.45) is 8.88. The number of hydrogen-bond acceptors (Lipinski definition) is 8. The molecule has 186 valence electrons. The molecule has 1 saturated carbocycles. The fraction of sp³-hybridized carbons (Fsp3) is 0.640. The molecule has 4 N–H and O–H groups in total. The van der Waals surface area contributed by atoms with Crippen LogP contribution in [0.3, 0.4) is 0 Å². The van der Waals surface area contributed by atoms with Crippen LogP contribution in [0.15, 0.2) is 22.7 Å². The summed E-state index contributed by atoms with van der Waals surface area (Å²) in [6, 6.07) is 3.92. The molecule has 1 aliphatic carbocycles. The number of nitrogens with one attached hydrogen (secondary N) is 3. The number of amides is 1. The molecule has 2 aliphatic rings. The fourth-order valence-corrected chi connectivity index (χ4v) is 4.56. The SMILES string of the molecule is CCCCNc1ncc(-c2ccc(C(=O)NC3CCN(C)CC3)o2)c(N[C@H]2CC[C@H](O)CC2)n1. The van der Waals surface area contributed by atoms with Crippen molar-refractivity contribution in [2.75, 3.05) is 37.3 Å². The van der Waals surface area contributed by atoms with Gasteiger partial charge in [0, 0.05) is 24.8 Å². The highest BCUT2D eigenvalue weighted by molar-refractivity contribution is 5.92. The number of aliphatic hydroxyl groups excluding tert-OH is 1. The fourth-order valence-electron chi connectivity index (χ4n) is 4.56. The normalized spacial score (nSPS) is 21.9. The third-order valence-corrected chi connectivity index (χ3v) is 6.79. The van der Waals surface area contributed by atoms with Crippen LogP contribution in [-0.2, 0) is 0 Å². The van der Waals surface area contributed by atoms with Gasteiger partial charge in [-0.25, -0.2) is 4.98 Å². The molecule has 0 unspecified atom stereocenters. The van der Waals surface area contributed by atoms with Crippen LogP contribution >= 0.6 is 0 Å². The molecule has 1 aliphatic heterocycles. The molecule has 9 nitrogen and oxygen atoms in total. The number of aromatic nitrogens is 2. The van der Waals surface area contributed by atoms with Gasteiger partial charge in [0.15, 0.2) is 5.76 Å². The number of hydrogen-bond donors (Lipinski definition) is 4. The zero-order valence-corrected chi connectivity index (χ0v) is 20.3. The number of likely N-dealkylation sites (tertiary alicyclic amines) is 1. The number of furan rings is 1. The summed E-state index contributed by atoms with van der Waals surface area (Å²) in [5.74, 6) is 1.93. The molecule has 0 bridgehead atoms. The van der Waals surface area contributed by atoms with E-state index in [-0.39, 0.29) is 24.1 Å². The van der Waals surface area contributed by atoms with E-state index in [1.165, 1.54) is 0 Å². The Labute approximate surface area is 201 Å². The molecule has 2 aromatic heterocycles. The maximum absolute atomic E-state index is 12.8. The zero-order chi connectivity index (χ0) is 23.9. The Morgan fingerprint density at radius 2 is 1.91 bits per heavy atom. The molecule has 0 aromatic carbocycles. The topological polar surface area (TPSA) is 116 Å². The molecule has 0 radical (unpaired) electrons. The lowest BCUT2D eigenvalue weighted by atomic mass is 9.93. The lowest BCUT2D eigenvalue weighted by Gasteiger charge is -2.29. The first-order chi connectivity index (χ1) is 16.5. The Morgan fingerprint density at radius 1 is 1.15 bits per heavy atom. The van der Waals surface area contributed by atoms with E-state index in [4.69, 9.17) is 9.40 Å². The van der Waals surface area contributed by atoms with E-state index in [1.807, 2.05) is 6.07 Å². The lowest BCUT2D eigenvalue weighted by molar-refractivity contribution is 0.0889. The average Bonchev–Trinajstić information content (AvgIpc) is 3.33. The van der Waals surface area contributed by atoms with Gasteiger partial charge in [0.05, 0.1) is 11.7 Å². The van der Waals surface area contributed by atoms with Crippen molar-refractivity contribution in [1.29, 1.82) is 0 Å². The minimum absolute atomic E-state index is 0.174. The summed E-state index contributed by atoms with van der Waals surface area (Å²) in [6.45, 7) is 4.93. The first kappa shape index (κ1) is 24.5. The molecule has 9 heteroatoms. The van der Waals surface area contributed by atoms with Crippen molar-refractivity contribution in [1.82, 2.24) is 20.2 Å². The first-order valence-corrected chi connectivity index (χ1v) is 12.7. The van der Waals surface area contributed by atoms with E-state index >= 15 is 0 Å². The summed E-state index contributed by atoms with van der Waals surface area (Å²) in [5, 5.41) is 19.8. The van der Waals surface area contributed by atoms with Crippen LogP contribution in [0.2, 0.25) is 0 Å². The number of aliphatic hydroxyl groups is 1. The highest BCUT2D eigenvalue weighted by Gasteiger charge is 2.24. The van der Waals surface area contributed by atoms with Gasteiger partial charge in [0.1, 0.15) is 11.6 Å². The van der Waals surface area contributed by atoms with Gasteiger partial charge in [-0.2, -0.15) is 4.98 Å². The van der Waals surface area contributed by atoms with Gasteiger partial charge in [0.25, 0.3) is 5.91 Å². The second-order valence-corrected chi connectivity index (χ2v) is 9.60. The Hall–Kier alpha value is -2.65. The molecule has 2 aromatic rings. The predicted octanol–water partition coefficient (Wildman–Crippen LogP) is 3.49. The van der Waals surface area contributed by atoms with E-state index < -0.39 is 0 Å². The third kappa shape index (κ3) is 6.48. The highest BCUT2D eigenvalue weighted by atomic mass is 16.4. The molecule has 2 fully saturated rings. The highest BCUT2D eigenvalue weighted by Crippen LogP contribution is 2.31. The number of carbonyl (C=O) groups excluding carboxylic acids is 1. The number of rotatable bonds is 9. The standard InChI is InChI=1S/C25H38N6O3/c1-3-4-13-26-25-27-16-20(23(30-25)28-17-5-7-19(32)8-6-17)21-9-10-22(34-21)24(33)29-18-11-14-31(2)15-12-18/h9-10,16-19,32H,3-8,11-15H2,1-2H3,(H,29,33)(H2,26,27,28,30)/t17-,19-. The second-order valence-electron chi connectivity index (χ2n) is 9.60. The van der Waals surface area contributed by atoms with E-state index in [2.05, 4.69) is 39.8 Å². The van der Waals surface area contributed by atoms with E-state index in [1.54, 1.807) is 12.3 Å². The molecule has 1 saturated heterocycles. The summed E-state index contributed by atoms with van der Waals surface area (Å²) >= 11 is 0. The van der Waals surface area contributed by atoms with E-state index in [0.29, 0.717) is 23.3 Å². The van der Waals surface area contributed by atoms with Crippen LogP contribution in [-0.4, -0.2) is 70.8 Å². The minimum Gasteiger partial charge on any atom is -0.451 e. The maximum atomic E-state index is 12.8. The molecule has 4 rings (SSSR count). The summed E-state index contributed by atoms with van der Waals surface area (Å²) in [7, 11) is 2.10. The Bertz CT molecular complexity index is 932. The quantitative estimate of drug-likeness (QED) is 0.412. The molecular weight excluding hydrogens is 432 g/mol. The zero-order valence-electron chi connectivity index (χ0n) is 20.3. The van der Waals surface area contributed by atoms with Crippen LogP contribution in [0.25, 0.3) is 11.3 Å². The van der Waals surface area contributed by atoms with Crippen molar-refractivity contribution in [2.45, 2.75) is 76.5 Å². The van der Waals surface area contributed by atoms with Gasteiger partial charge in [-0.3, -0.25) is 4.79 Å².